The number of nitrogens with zero attached hydrogens (tertiary/aromatic N) is 2. The maximum Gasteiger partial charge on any atom is 0.239 e. The maximum absolute atomic E-state index is 10.4. The van der Waals surface area contributed by atoms with Crippen molar-refractivity contribution in [3.05, 3.63) is 42.6 Å². The molecule has 0 bridgehead atoms. The van der Waals surface area contributed by atoms with Gasteiger partial charge in [-0.25, -0.2) is 3.93 Å². The smallest absolute Gasteiger partial charge is 0.239 e. The van der Waals surface area contributed by atoms with Crippen molar-refractivity contribution < 1.29 is 9.59 Å². The molecular weight excluding hydrogens is 296 g/mol. The van der Waals surface area contributed by atoms with Crippen molar-refractivity contribution in [3.63, 3.8) is 0 Å². The van der Waals surface area contributed by atoms with Crippen LogP contribution in [-0.2, 0) is 9.59 Å². The van der Waals surface area contributed by atoms with Gasteiger partial charge in [-0.05, 0) is 12.1 Å². The molecule has 1 aromatic carbocycles. The van der Waals surface area contributed by atoms with Crippen LogP contribution in [0, 0.1) is 0 Å². The van der Waals surface area contributed by atoms with Crippen LogP contribution >= 0.6 is 16.1 Å². The second-order valence-corrected chi connectivity index (χ2v) is 4.47. The largest absolute Gasteiger partial charge is 0.274 e. The van der Waals surface area contributed by atoms with Crippen LogP contribution in [0.25, 0.3) is 10.9 Å². The van der Waals surface area contributed by atoms with Gasteiger partial charge in [-0.3, -0.25) is 14.6 Å². The van der Waals surface area contributed by atoms with E-state index in [0.29, 0.717) is 12.8 Å². The van der Waals surface area contributed by atoms with Gasteiger partial charge in [0.1, 0.15) is 0 Å². The van der Waals surface area contributed by atoms with Crippen molar-refractivity contribution in [2.75, 3.05) is 0 Å². The van der Waals surface area contributed by atoms with Gasteiger partial charge in [0.15, 0.2) is 0 Å². The van der Waals surface area contributed by atoms with Crippen molar-refractivity contribution in [2.45, 2.75) is 12.8 Å². The average Bonchev–Trinajstić information content (AvgIpc) is 2.71. The predicted molar refractivity (Wildman–Crippen MR) is 71.8 cm³/mol. The number of pyridine rings is 1. The minimum absolute atomic E-state index is 0.144. The van der Waals surface area contributed by atoms with Crippen molar-refractivity contribution >= 4 is 38.9 Å². The molecule has 18 heavy (non-hydrogen) atoms. The molecular formula is C13H11BrN2O2. The highest BCUT2D eigenvalue weighted by atomic mass is 79.9. The molecule has 0 unspecified atom stereocenters. The number of amides is 2. The van der Waals surface area contributed by atoms with Crippen molar-refractivity contribution in [3.8, 4) is 0 Å². The molecule has 1 fully saturated rings. The molecule has 0 atom stereocenters. The number of rotatable bonds is 0. The van der Waals surface area contributed by atoms with E-state index in [-0.39, 0.29) is 11.8 Å². The Balaban J connectivity index is 0.000000138. The molecule has 1 saturated heterocycles. The van der Waals surface area contributed by atoms with Gasteiger partial charge in [-0.1, -0.05) is 24.3 Å². The maximum atomic E-state index is 10.4. The second kappa shape index (κ2) is 5.73. The summed E-state index contributed by atoms with van der Waals surface area (Å²) >= 11 is 2.80. The van der Waals surface area contributed by atoms with E-state index in [1.807, 2.05) is 30.5 Å². The molecule has 0 N–H and O–H groups in total. The molecule has 2 amide bonds. The zero-order valence-electron chi connectivity index (χ0n) is 9.54. The lowest BCUT2D eigenvalue weighted by atomic mass is 10.2. The number of para-hydroxylation sites is 1. The van der Waals surface area contributed by atoms with Gasteiger partial charge < -0.3 is 0 Å². The zero-order valence-corrected chi connectivity index (χ0v) is 11.1. The Labute approximate surface area is 113 Å². The van der Waals surface area contributed by atoms with E-state index in [4.69, 9.17) is 0 Å². The number of carbonyl (C=O) groups excluding carboxylic acids is 2. The molecule has 92 valence electrons. The number of halogens is 1. The highest BCUT2D eigenvalue weighted by Gasteiger charge is 2.26. The van der Waals surface area contributed by atoms with E-state index in [1.54, 1.807) is 0 Å². The van der Waals surface area contributed by atoms with Gasteiger partial charge in [0.05, 0.1) is 21.7 Å². The van der Waals surface area contributed by atoms with Gasteiger partial charge in [0, 0.05) is 24.4 Å². The number of hydrogen-bond acceptors (Lipinski definition) is 3. The van der Waals surface area contributed by atoms with E-state index in [1.165, 1.54) is 5.39 Å². The summed E-state index contributed by atoms with van der Waals surface area (Å²) in [6.45, 7) is 0. The zero-order chi connectivity index (χ0) is 13.0. The van der Waals surface area contributed by atoms with Gasteiger partial charge in [0.2, 0.25) is 11.8 Å². The van der Waals surface area contributed by atoms with Crippen LogP contribution < -0.4 is 0 Å². The van der Waals surface area contributed by atoms with Crippen LogP contribution in [0.4, 0.5) is 0 Å². The third kappa shape index (κ3) is 2.92. The molecule has 1 aromatic heterocycles. The summed E-state index contributed by atoms with van der Waals surface area (Å²) in [5.41, 5.74) is 1.06. The fraction of sp³-hybridized carbons (Fsp3) is 0.154. The molecule has 0 radical (unpaired) electrons. The lowest BCUT2D eigenvalue weighted by Gasteiger charge is -1.97. The summed E-state index contributed by atoms with van der Waals surface area (Å²) in [4.78, 5) is 25.1. The number of aromatic nitrogens is 1. The predicted octanol–water partition coefficient (Wildman–Crippen LogP) is 2.68. The fourth-order valence-electron chi connectivity index (χ4n) is 1.57. The average molecular weight is 307 g/mol. The molecule has 1 aliphatic rings. The third-order valence-electron chi connectivity index (χ3n) is 2.50. The molecule has 1 aliphatic heterocycles. The van der Waals surface area contributed by atoms with Crippen molar-refractivity contribution in [2.24, 2.45) is 0 Å². The quantitative estimate of drug-likeness (QED) is 0.555. The Hall–Kier alpha value is -1.75. The highest BCUT2D eigenvalue weighted by molar-refractivity contribution is 9.08. The Kier molecular flexibility index (Phi) is 4.04. The van der Waals surface area contributed by atoms with E-state index >= 15 is 0 Å². The summed E-state index contributed by atoms with van der Waals surface area (Å²) < 4.78 is 0.979. The van der Waals surface area contributed by atoms with Gasteiger partial charge in [0.25, 0.3) is 0 Å². The molecule has 4 nitrogen and oxygen atoms in total. The second-order valence-electron chi connectivity index (χ2n) is 3.76. The van der Waals surface area contributed by atoms with E-state index in [2.05, 4.69) is 33.3 Å². The van der Waals surface area contributed by atoms with Crippen LogP contribution in [0.5, 0.6) is 0 Å². The Morgan fingerprint density at radius 3 is 2.17 bits per heavy atom. The van der Waals surface area contributed by atoms with Crippen LogP contribution in [0.3, 0.4) is 0 Å². The number of fused-ring (bicyclic) bond motifs is 1. The first kappa shape index (κ1) is 12.7. The van der Waals surface area contributed by atoms with Crippen LogP contribution in [0.2, 0.25) is 0 Å². The Morgan fingerprint density at radius 1 is 1.00 bits per heavy atom. The minimum atomic E-state index is -0.144. The molecule has 5 heteroatoms. The monoisotopic (exact) mass is 306 g/mol. The fourth-order valence-corrected chi connectivity index (χ4v) is 1.92. The summed E-state index contributed by atoms with van der Waals surface area (Å²) in [6, 6.07) is 12.1. The van der Waals surface area contributed by atoms with Gasteiger partial charge in [-0.2, -0.15) is 0 Å². The molecule has 2 heterocycles. The van der Waals surface area contributed by atoms with Gasteiger partial charge in [-0.15, -0.1) is 0 Å². The molecule has 0 aliphatic carbocycles. The van der Waals surface area contributed by atoms with Gasteiger partial charge >= 0.3 is 0 Å². The number of hydrogen-bond donors (Lipinski definition) is 0. The number of benzene rings is 1. The highest BCUT2D eigenvalue weighted by Crippen LogP contribution is 2.14. The SMILES string of the molecule is O=C1CCC(=O)N1Br.c1ccc2ncccc2c1. The van der Waals surface area contributed by atoms with E-state index in [0.717, 1.165) is 9.44 Å². The summed E-state index contributed by atoms with van der Waals surface area (Å²) in [7, 11) is 0. The molecule has 3 rings (SSSR count). The number of imide groups is 1. The molecule has 2 aromatic rings. The van der Waals surface area contributed by atoms with Crippen LogP contribution in [0.1, 0.15) is 12.8 Å². The molecule has 0 saturated carbocycles. The normalized spacial score (nSPS) is 14.6. The Morgan fingerprint density at radius 2 is 1.61 bits per heavy atom. The first-order valence-electron chi connectivity index (χ1n) is 5.50. The summed E-state index contributed by atoms with van der Waals surface area (Å²) in [5, 5.41) is 1.20. The molecule has 0 spiro atoms. The van der Waals surface area contributed by atoms with Crippen molar-refractivity contribution in [1.82, 2.24) is 8.91 Å². The number of carbonyl (C=O) groups is 2. The first-order valence-corrected chi connectivity index (χ1v) is 6.21. The lowest BCUT2D eigenvalue weighted by Crippen LogP contribution is -2.16. The lowest BCUT2D eigenvalue weighted by molar-refractivity contribution is -0.131. The standard InChI is InChI=1S/C9H7N.C4H4BrNO2/c1-2-6-9-8(4-1)5-3-7-10-9;5-6-3(7)1-2-4(6)8/h1-7H;1-2H2. The van der Waals surface area contributed by atoms with E-state index in [9.17, 15) is 9.59 Å². The van der Waals surface area contributed by atoms with E-state index < -0.39 is 0 Å². The first-order chi connectivity index (χ1) is 8.68. The summed E-state index contributed by atoms with van der Waals surface area (Å²) in [6.07, 6.45) is 2.51. The summed E-state index contributed by atoms with van der Waals surface area (Å²) in [5.74, 6) is -0.287. The van der Waals surface area contributed by atoms with Crippen LogP contribution in [-0.4, -0.2) is 20.7 Å². The topological polar surface area (TPSA) is 50.3 Å². The van der Waals surface area contributed by atoms with Crippen LogP contribution in [0.15, 0.2) is 42.6 Å². The third-order valence-corrected chi connectivity index (χ3v) is 3.29. The van der Waals surface area contributed by atoms with Crippen molar-refractivity contribution in [1.29, 1.82) is 0 Å². The minimum Gasteiger partial charge on any atom is -0.274 e. The Bertz CT molecular complexity index is 504.